The molecule has 0 aliphatic heterocycles. The molecule has 0 aliphatic rings. The van der Waals surface area contributed by atoms with Gasteiger partial charge in [0.05, 0.1) is 0 Å². The number of hydrogen-bond acceptors (Lipinski definition) is 2. The van der Waals surface area contributed by atoms with Gasteiger partial charge in [0.15, 0.2) is 0 Å². The second-order valence-corrected chi connectivity index (χ2v) is 4.34. The molecule has 0 atom stereocenters. The molecule has 0 aromatic carbocycles. The predicted octanol–water partition coefficient (Wildman–Crippen LogP) is 3.81. The Hall–Kier alpha value is -1.67. The van der Waals surface area contributed by atoms with E-state index < -0.39 is 0 Å². The summed E-state index contributed by atoms with van der Waals surface area (Å²) in [6.07, 6.45) is 20.0. The van der Waals surface area contributed by atoms with E-state index in [9.17, 15) is 0 Å². The number of aromatic nitrogens is 1. The summed E-state index contributed by atoms with van der Waals surface area (Å²) in [5.41, 5.74) is 6.55. The van der Waals surface area contributed by atoms with Crippen molar-refractivity contribution < 1.29 is 0 Å². The summed E-state index contributed by atoms with van der Waals surface area (Å²) in [6, 6.07) is 6.06. The molecule has 1 aromatic rings. The van der Waals surface area contributed by atoms with E-state index in [1.165, 1.54) is 0 Å². The molecule has 19 heavy (non-hydrogen) atoms. The van der Waals surface area contributed by atoms with E-state index in [2.05, 4.69) is 47.5 Å². The fourth-order valence-electron chi connectivity index (χ4n) is 1.65. The number of rotatable bonds is 9. The van der Waals surface area contributed by atoms with Gasteiger partial charge in [0, 0.05) is 11.9 Å². The predicted molar refractivity (Wildman–Crippen MR) is 82.9 cm³/mol. The third kappa shape index (κ3) is 8.97. The van der Waals surface area contributed by atoms with Crippen LogP contribution < -0.4 is 5.73 Å². The summed E-state index contributed by atoms with van der Waals surface area (Å²) in [4.78, 5) is 4.30. The quantitative estimate of drug-likeness (QED) is 0.414. The van der Waals surface area contributed by atoms with E-state index in [1.54, 1.807) is 0 Å². The number of hydrogen-bond donors (Lipinski definition) is 1. The average molecular weight is 256 g/mol. The highest BCUT2D eigenvalue weighted by Gasteiger charge is 1.89. The zero-order valence-corrected chi connectivity index (χ0v) is 11.5. The Kier molecular flexibility index (Phi) is 9.25. The van der Waals surface area contributed by atoms with Crippen LogP contribution in [0.3, 0.4) is 0 Å². The van der Waals surface area contributed by atoms with E-state index >= 15 is 0 Å². The molecule has 0 amide bonds. The van der Waals surface area contributed by atoms with Gasteiger partial charge in [-0.3, -0.25) is 4.98 Å². The zero-order valence-electron chi connectivity index (χ0n) is 11.5. The molecule has 1 rings (SSSR count). The molecule has 2 nitrogen and oxygen atoms in total. The first-order valence-electron chi connectivity index (χ1n) is 7.00. The van der Waals surface area contributed by atoms with E-state index in [1.807, 2.05) is 18.3 Å². The number of pyridine rings is 1. The van der Waals surface area contributed by atoms with Crippen LogP contribution in [0.15, 0.2) is 60.9 Å². The Labute approximate surface area is 116 Å². The van der Waals surface area contributed by atoms with Crippen LogP contribution in [0.4, 0.5) is 0 Å². The van der Waals surface area contributed by atoms with E-state index in [0.29, 0.717) is 0 Å². The van der Waals surface area contributed by atoms with Crippen molar-refractivity contribution in [2.24, 2.45) is 5.73 Å². The van der Waals surface area contributed by atoms with Gasteiger partial charge < -0.3 is 5.73 Å². The maximum Gasteiger partial charge on any atom is 0.0406 e. The fraction of sp³-hybridized carbons (Fsp3) is 0.353. The Morgan fingerprint density at radius 3 is 2.37 bits per heavy atom. The van der Waals surface area contributed by atoms with Crippen LogP contribution in [-0.4, -0.2) is 11.5 Å². The molecule has 0 unspecified atom stereocenters. The minimum absolute atomic E-state index is 0.726. The Morgan fingerprint density at radius 1 is 0.895 bits per heavy atom. The average Bonchev–Trinajstić information content (AvgIpc) is 2.46. The van der Waals surface area contributed by atoms with Gasteiger partial charge in [-0.15, -0.1) is 0 Å². The second-order valence-electron chi connectivity index (χ2n) is 4.34. The summed E-state index contributed by atoms with van der Waals surface area (Å²) in [5, 5.41) is 0. The lowest BCUT2D eigenvalue weighted by Crippen LogP contribution is -1.94. The van der Waals surface area contributed by atoms with Gasteiger partial charge in [0.2, 0.25) is 0 Å². The van der Waals surface area contributed by atoms with Crippen LogP contribution in [0.5, 0.6) is 0 Å². The molecule has 0 radical (unpaired) electrons. The highest BCUT2D eigenvalue weighted by Crippen LogP contribution is 2.00. The smallest absolute Gasteiger partial charge is 0.0406 e. The number of nitrogens with two attached hydrogens (primary N) is 1. The normalized spacial score (nSPS) is 12.1. The van der Waals surface area contributed by atoms with Crippen molar-refractivity contribution in [3.8, 4) is 0 Å². The lowest BCUT2D eigenvalue weighted by Gasteiger charge is -1.95. The van der Waals surface area contributed by atoms with Gasteiger partial charge in [-0.2, -0.15) is 0 Å². The van der Waals surface area contributed by atoms with Crippen molar-refractivity contribution in [3.63, 3.8) is 0 Å². The van der Waals surface area contributed by atoms with Gasteiger partial charge in [-0.1, -0.05) is 42.5 Å². The summed E-state index contributed by atoms with van der Waals surface area (Å²) in [6.45, 7) is 0.726. The second kappa shape index (κ2) is 11.4. The first-order chi connectivity index (χ1) is 9.43. The third-order valence-electron chi connectivity index (χ3n) is 2.68. The summed E-state index contributed by atoms with van der Waals surface area (Å²) >= 11 is 0. The fourth-order valence-corrected chi connectivity index (χ4v) is 1.65. The first-order valence-corrected chi connectivity index (χ1v) is 7.00. The maximum atomic E-state index is 5.39. The molecule has 1 aromatic heterocycles. The zero-order chi connectivity index (χ0) is 13.6. The summed E-state index contributed by atoms with van der Waals surface area (Å²) < 4.78 is 0. The molecule has 102 valence electrons. The van der Waals surface area contributed by atoms with Crippen molar-refractivity contribution in [2.75, 3.05) is 6.54 Å². The Bertz CT molecular complexity index is 391. The van der Waals surface area contributed by atoms with Crippen molar-refractivity contribution in [2.45, 2.75) is 32.1 Å². The Morgan fingerprint density at radius 2 is 1.63 bits per heavy atom. The minimum Gasteiger partial charge on any atom is -0.330 e. The van der Waals surface area contributed by atoms with Gasteiger partial charge in [-0.05, 0) is 50.8 Å². The SMILES string of the molecule is NCC/C=C/C=C/CC/C=C/CCc1ccccn1. The summed E-state index contributed by atoms with van der Waals surface area (Å²) in [7, 11) is 0. The van der Waals surface area contributed by atoms with Gasteiger partial charge in [0.1, 0.15) is 0 Å². The Balaban J connectivity index is 2.02. The van der Waals surface area contributed by atoms with Crippen LogP contribution in [-0.2, 0) is 6.42 Å². The van der Waals surface area contributed by atoms with Crippen molar-refractivity contribution in [1.29, 1.82) is 0 Å². The molecule has 0 saturated heterocycles. The number of unbranched alkanes of at least 4 members (excludes halogenated alkanes) is 1. The van der Waals surface area contributed by atoms with Gasteiger partial charge in [0.25, 0.3) is 0 Å². The molecule has 0 spiro atoms. The maximum absolute atomic E-state index is 5.39. The number of nitrogens with zero attached hydrogens (tertiary/aromatic N) is 1. The molecular formula is C17H24N2. The minimum atomic E-state index is 0.726. The van der Waals surface area contributed by atoms with Gasteiger partial charge >= 0.3 is 0 Å². The van der Waals surface area contributed by atoms with Crippen molar-refractivity contribution >= 4 is 0 Å². The molecule has 0 aliphatic carbocycles. The van der Waals surface area contributed by atoms with Gasteiger partial charge in [-0.25, -0.2) is 0 Å². The van der Waals surface area contributed by atoms with E-state index in [-0.39, 0.29) is 0 Å². The molecule has 2 N–H and O–H groups in total. The van der Waals surface area contributed by atoms with Crippen molar-refractivity contribution in [1.82, 2.24) is 4.98 Å². The van der Waals surface area contributed by atoms with Crippen LogP contribution >= 0.6 is 0 Å². The lowest BCUT2D eigenvalue weighted by atomic mass is 10.2. The monoisotopic (exact) mass is 256 g/mol. The van der Waals surface area contributed by atoms with Crippen LogP contribution in [0, 0.1) is 0 Å². The molecular weight excluding hydrogens is 232 g/mol. The largest absolute Gasteiger partial charge is 0.330 e. The number of aryl methyl sites for hydroxylation is 1. The number of allylic oxidation sites excluding steroid dienone is 5. The molecule has 2 heteroatoms. The molecule has 0 bridgehead atoms. The van der Waals surface area contributed by atoms with E-state index in [0.717, 1.165) is 44.3 Å². The molecule has 0 fully saturated rings. The van der Waals surface area contributed by atoms with E-state index in [4.69, 9.17) is 5.73 Å². The first kappa shape index (κ1) is 15.4. The molecule has 1 heterocycles. The third-order valence-corrected chi connectivity index (χ3v) is 2.68. The van der Waals surface area contributed by atoms with Crippen LogP contribution in [0.2, 0.25) is 0 Å². The van der Waals surface area contributed by atoms with Crippen molar-refractivity contribution in [3.05, 3.63) is 66.5 Å². The van der Waals surface area contributed by atoms with Crippen LogP contribution in [0.25, 0.3) is 0 Å². The topological polar surface area (TPSA) is 38.9 Å². The molecule has 0 saturated carbocycles. The van der Waals surface area contributed by atoms with Crippen LogP contribution in [0.1, 0.15) is 31.4 Å². The highest BCUT2D eigenvalue weighted by atomic mass is 14.7. The standard InChI is InChI=1S/C17H24N2/c18-15-11-8-6-4-2-1-3-5-7-9-13-17-14-10-12-16-19-17/h2,4-8,10,12,14,16H,1,3,9,11,13,15,18H2/b4-2+,7-5+,8-6+. The summed E-state index contributed by atoms with van der Waals surface area (Å²) in [5.74, 6) is 0. The highest BCUT2D eigenvalue weighted by molar-refractivity contribution is 5.05. The lowest BCUT2D eigenvalue weighted by molar-refractivity contribution is 0.932.